The summed E-state index contributed by atoms with van der Waals surface area (Å²) in [6.07, 6.45) is 1.71. The molecule has 1 aromatic heterocycles. The van der Waals surface area contributed by atoms with E-state index in [1.165, 1.54) is 0 Å². The standard InChI is InChI=1S/C14H16N4O/c1-10-11(9-16-18(10)2)13(8-15)17-12-6-4-5-7-14(12)19-3/h4-7,9,13,17H,1-3H3. The molecule has 98 valence electrons. The minimum absolute atomic E-state index is 0.454. The van der Waals surface area contributed by atoms with E-state index < -0.39 is 6.04 Å². The average molecular weight is 256 g/mol. The van der Waals surface area contributed by atoms with Crippen molar-refractivity contribution in [2.45, 2.75) is 13.0 Å². The van der Waals surface area contributed by atoms with Crippen LogP contribution in [0.25, 0.3) is 0 Å². The van der Waals surface area contributed by atoms with Gasteiger partial charge in [-0.05, 0) is 19.1 Å². The summed E-state index contributed by atoms with van der Waals surface area (Å²) in [4.78, 5) is 0. The predicted molar refractivity (Wildman–Crippen MR) is 72.9 cm³/mol. The van der Waals surface area contributed by atoms with Crippen LogP contribution in [-0.2, 0) is 7.05 Å². The molecule has 0 bridgehead atoms. The van der Waals surface area contributed by atoms with Crippen LogP contribution < -0.4 is 10.1 Å². The molecule has 1 unspecified atom stereocenters. The predicted octanol–water partition coefficient (Wildman–Crippen LogP) is 2.41. The van der Waals surface area contributed by atoms with E-state index in [4.69, 9.17) is 4.74 Å². The number of methoxy groups -OCH3 is 1. The maximum Gasteiger partial charge on any atom is 0.143 e. The maximum atomic E-state index is 9.35. The van der Waals surface area contributed by atoms with Crippen molar-refractivity contribution >= 4 is 5.69 Å². The Morgan fingerprint density at radius 1 is 1.42 bits per heavy atom. The molecule has 0 amide bonds. The van der Waals surface area contributed by atoms with E-state index in [2.05, 4.69) is 16.5 Å². The highest BCUT2D eigenvalue weighted by atomic mass is 16.5. The first-order chi connectivity index (χ1) is 9.17. The van der Waals surface area contributed by atoms with Gasteiger partial charge in [-0.2, -0.15) is 10.4 Å². The second kappa shape index (κ2) is 5.44. The molecule has 0 spiro atoms. The highest BCUT2D eigenvalue weighted by molar-refractivity contribution is 5.58. The molecule has 1 aromatic carbocycles. The molecule has 0 aliphatic rings. The number of hydrogen-bond donors (Lipinski definition) is 1. The number of nitrogens with one attached hydrogen (secondary N) is 1. The minimum atomic E-state index is -0.454. The molecule has 1 N–H and O–H groups in total. The molecular weight excluding hydrogens is 240 g/mol. The van der Waals surface area contributed by atoms with Crippen molar-refractivity contribution in [2.75, 3.05) is 12.4 Å². The third-order valence-corrected chi connectivity index (χ3v) is 3.12. The summed E-state index contributed by atoms with van der Waals surface area (Å²) in [5, 5.41) is 16.7. The van der Waals surface area contributed by atoms with E-state index in [1.807, 2.05) is 38.2 Å². The molecule has 1 atom stereocenters. The summed E-state index contributed by atoms with van der Waals surface area (Å²) in [6, 6.07) is 9.32. The molecule has 1 heterocycles. The van der Waals surface area contributed by atoms with Crippen molar-refractivity contribution in [2.24, 2.45) is 7.05 Å². The number of ether oxygens (including phenoxy) is 1. The van der Waals surface area contributed by atoms with Gasteiger partial charge in [0.25, 0.3) is 0 Å². The number of rotatable bonds is 4. The Kier molecular flexibility index (Phi) is 3.71. The van der Waals surface area contributed by atoms with Crippen LogP contribution in [0.4, 0.5) is 5.69 Å². The van der Waals surface area contributed by atoms with Gasteiger partial charge in [-0.1, -0.05) is 12.1 Å². The molecule has 0 saturated heterocycles. The summed E-state index contributed by atoms with van der Waals surface area (Å²) in [5.41, 5.74) is 2.63. The van der Waals surface area contributed by atoms with Gasteiger partial charge in [-0.3, -0.25) is 4.68 Å². The Bertz CT molecular complexity index is 612. The van der Waals surface area contributed by atoms with Gasteiger partial charge >= 0.3 is 0 Å². The second-order valence-electron chi connectivity index (χ2n) is 4.22. The van der Waals surface area contributed by atoms with Crippen molar-refractivity contribution in [3.8, 4) is 11.8 Å². The number of benzene rings is 1. The van der Waals surface area contributed by atoms with Gasteiger partial charge in [0.1, 0.15) is 11.8 Å². The zero-order valence-electron chi connectivity index (χ0n) is 11.2. The first kappa shape index (κ1) is 13.0. The number of aromatic nitrogens is 2. The summed E-state index contributed by atoms with van der Waals surface area (Å²) in [5.74, 6) is 0.712. The summed E-state index contributed by atoms with van der Waals surface area (Å²) >= 11 is 0. The van der Waals surface area contributed by atoms with Crippen LogP contribution in [0.1, 0.15) is 17.3 Å². The smallest absolute Gasteiger partial charge is 0.143 e. The van der Waals surface area contributed by atoms with Crippen molar-refractivity contribution in [1.82, 2.24) is 9.78 Å². The van der Waals surface area contributed by atoms with Crippen molar-refractivity contribution < 1.29 is 4.74 Å². The van der Waals surface area contributed by atoms with E-state index in [1.54, 1.807) is 18.0 Å². The highest BCUT2D eigenvalue weighted by Crippen LogP contribution is 2.28. The van der Waals surface area contributed by atoms with Crippen LogP contribution in [0.5, 0.6) is 5.75 Å². The van der Waals surface area contributed by atoms with Gasteiger partial charge < -0.3 is 10.1 Å². The monoisotopic (exact) mass is 256 g/mol. The second-order valence-corrected chi connectivity index (χ2v) is 4.22. The summed E-state index contributed by atoms with van der Waals surface area (Å²) in [6.45, 7) is 1.94. The van der Waals surface area contributed by atoms with Crippen molar-refractivity contribution in [1.29, 1.82) is 5.26 Å². The molecule has 0 aliphatic heterocycles. The Balaban J connectivity index is 2.30. The van der Waals surface area contributed by atoms with Crippen molar-refractivity contribution in [3.05, 3.63) is 41.7 Å². The molecular formula is C14H16N4O. The Morgan fingerprint density at radius 2 is 2.16 bits per heavy atom. The zero-order valence-corrected chi connectivity index (χ0v) is 11.2. The van der Waals surface area contributed by atoms with E-state index in [0.29, 0.717) is 5.75 Å². The molecule has 2 rings (SSSR count). The Hall–Kier alpha value is -2.48. The molecule has 0 radical (unpaired) electrons. The normalized spacial score (nSPS) is 11.7. The van der Waals surface area contributed by atoms with Gasteiger partial charge in [0.15, 0.2) is 0 Å². The molecule has 2 aromatic rings. The Labute approximate surface area is 112 Å². The number of nitriles is 1. The van der Waals surface area contributed by atoms with Crippen LogP contribution in [0.15, 0.2) is 30.5 Å². The fourth-order valence-electron chi connectivity index (χ4n) is 1.90. The first-order valence-electron chi connectivity index (χ1n) is 5.95. The number of para-hydroxylation sites is 2. The van der Waals surface area contributed by atoms with E-state index in [-0.39, 0.29) is 0 Å². The third-order valence-electron chi connectivity index (χ3n) is 3.12. The molecule has 5 heteroatoms. The van der Waals surface area contributed by atoms with Crippen LogP contribution in [0.3, 0.4) is 0 Å². The van der Waals surface area contributed by atoms with E-state index >= 15 is 0 Å². The lowest BCUT2D eigenvalue weighted by molar-refractivity contribution is 0.416. The third kappa shape index (κ3) is 2.52. The van der Waals surface area contributed by atoms with Crippen LogP contribution >= 0.6 is 0 Å². The van der Waals surface area contributed by atoms with Crippen LogP contribution in [0, 0.1) is 18.3 Å². The largest absolute Gasteiger partial charge is 0.495 e. The minimum Gasteiger partial charge on any atom is -0.495 e. The van der Waals surface area contributed by atoms with Gasteiger partial charge in [-0.15, -0.1) is 0 Å². The zero-order chi connectivity index (χ0) is 13.8. The van der Waals surface area contributed by atoms with Gasteiger partial charge in [0.05, 0.1) is 25.1 Å². The lowest BCUT2D eigenvalue weighted by Crippen LogP contribution is -2.10. The van der Waals surface area contributed by atoms with Gasteiger partial charge in [0.2, 0.25) is 0 Å². The SMILES string of the molecule is COc1ccccc1NC(C#N)c1cnn(C)c1C. The molecule has 5 nitrogen and oxygen atoms in total. The molecule has 0 saturated carbocycles. The molecule has 0 fully saturated rings. The summed E-state index contributed by atoms with van der Waals surface area (Å²) in [7, 11) is 3.47. The van der Waals surface area contributed by atoms with Crippen LogP contribution in [0.2, 0.25) is 0 Å². The number of nitrogens with zero attached hydrogens (tertiary/aromatic N) is 3. The topological polar surface area (TPSA) is 62.9 Å². The van der Waals surface area contributed by atoms with Gasteiger partial charge in [0, 0.05) is 18.3 Å². The molecule has 19 heavy (non-hydrogen) atoms. The summed E-state index contributed by atoms with van der Waals surface area (Å²) < 4.78 is 7.02. The quantitative estimate of drug-likeness (QED) is 0.912. The van der Waals surface area contributed by atoms with E-state index in [9.17, 15) is 5.26 Å². The lowest BCUT2D eigenvalue weighted by atomic mass is 10.1. The van der Waals surface area contributed by atoms with Crippen molar-refractivity contribution in [3.63, 3.8) is 0 Å². The highest BCUT2D eigenvalue weighted by Gasteiger charge is 2.17. The average Bonchev–Trinajstić information content (AvgIpc) is 2.77. The molecule has 0 aliphatic carbocycles. The lowest BCUT2D eigenvalue weighted by Gasteiger charge is -2.15. The van der Waals surface area contributed by atoms with Crippen LogP contribution in [-0.4, -0.2) is 16.9 Å². The number of aryl methyl sites for hydroxylation is 1. The fraction of sp³-hybridized carbons (Fsp3) is 0.286. The maximum absolute atomic E-state index is 9.35. The van der Waals surface area contributed by atoms with E-state index in [0.717, 1.165) is 16.9 Å². The first-order valence-corrected chi connectivity index (χ1v) is 5.95. The Morgan fingerprint density at radius 3 is 2.74 bits per heavy atom. The number of anilines is 1. The van der Waals surface area contributed by atoms with Gasteiger partial charge in [-0.25, -0.2) is 0 Å². The fourth-order valence-corrected chi connectivity index (χ4v) is 1.90. The number of hydrogen-bond acceptors (Lipinski definition) is 4.